The smallest absolute Gasteiger partial charge is 0.182 e. The van der Waals surface area contributed by atoms with E-state index in [1.165, 1.54) is 4.88 Å². The van der Waals surface area contributed by atoms with E-state index in [-0.39, 0.29) is 18.2 Å². The first-order valence-corrected chi connectivity index (χ1v) is 17.1. The maximum Gasteiger partial charge on any atom is 0.182 e. The highest BCUT2D eigenvalue weighted by atomic mass is 35.5. The van der Waals surface area contributed by atoms with E-state index in [0.717, 1.165) is 80.9 Å². The Kier molecular flexibility index (Phi) is 12.5. The van der Waals surface area contributed by atoms with Crippen LogP contribution in [0.1, 0.15) is 58.5 Å². The second-order valence-electron chi connectivity index (χ2n) is 10.7. The van der Waals surface area contributed by atoms with Gasteiger partial charge in [-0.05, 0) is 63.3 Å². The van der Waals surface area contributed by atoms with Gasteiger partial charge >= 0.3 is 0 Å². The molecule has 6 aromatic rings. The number of rotatable bonds is 6. The average Bonchev–Trinajstić information content (AvgIpc) is 3.95. The van der Waals surface area contributed by atoms with Crippen LogP contribution in [0.25, 0.3) is 32.5 Å². The van der Waals surface area contributed by atoms with Crippen LogP contribution in [0.4, 0.5) is 0 Å². The van der Waals surface area contributed by atoms with Crippen molar-refractivity contribution in [1.82, 2.24) is 39.5 Å². The van der Waals surface area contributed by atoms with Gasteiger partial charge in [0, 0.05) is 52.1 Å². The largest absolute Gasteiger partial charge is 0.399 e. The number of nitrogens with two attached hydrogens (primary N) is 1. The number of thiazole rings is 2. The van der Waals surface area contributed by atoms with Gasteiger partial charge in [-0.25, -0.2) is 25.2 Å². The SMILES string of the molecule is CCON.CO/N=C1\CCCc2sc(-c3cnn(-c4cccnc4)c3)nc21.Cl.O=C1CCCc2sc(-c3cnn(-c4cccnc4)c3)nc21. The van der Waals surface area contributed by atoms with E-state index in [9.17, 15) is 4.79 Å². The first-order valence-electron chi connectivity index (χ1n) is 15.4. The van der Waals surface area contributed by atoms with Crippen LogP contribution in [0.2, 0.25) is 0 Å². The van der Waals surface area contributed by atoms with Crippen LogP contribution in [0.5, 0.6) is 0 Å². The van der Waals surface area contributed by atoms with Crippen molar-refractivity contribution in [2.75, 3.05) is 13.7 Å². The molecule has 2 aliphatic rings. The van der Waals surface area contributed by atoms with Gasteiger partial charge in [0.15, 0.2) is 5.78 Å². The number of hydrogen-bond donors (Lipinski definition) is 1. The Morgan fingerprint density at radius 3 is 1.84 bits per heavy atom. The zero-order chi connectivity index (χ0) is 33.3. The van der Waals surface area contributed by atoms with Crippen LogP contribution in [0.3, 0.4) is 0 Å². The van der Waals surface area contributed by atoms with Gasteiger partial charge in [-0.2, -0.15) is 10.2 Å². The number of ketones is 1. The summed E-state index contributed by atoms with van der Waals surface area (Å²) in [6.45, 7) is 2.43. The Morgan fingerprint density at radius 1 is 0.816 bits per heavy atom. The number of aromatic nitrogens is 8. The van der Waals surface area contributed by atoms with Crippen LogP contribution in [0.15, 0.2) is 79.0 Å². The lowest BCUT2D eigenvalue weighted by molar-refractivity contribution is 0.0968. The van der Waals surface area contributed by atoms with Crippen molar-refractivity contribution in [1.29, 1.82) is 0 Å². The molecule has 8 rings (SSSR count). The van der Waals surface area contributed by atoms with E-state index >= 15 is 0 Å². The molecule has 0 spiro atoms. The highest BCUT2D eigenvalue weighted by molar-refractivity contribution is 7.15. The maximum absolute atomic E-state index is 11.9. The third-order valence-electron chi connectivity index (χ3n) is 7.41. The lowest BCUT2D eigenvalue weighted by Gasteiger charge is -2.10. The van der Waals surface area contributed by atoms with Crippen molar-refractivity contribution >= 4 is 46.6 Å². The van der Waals surface area contributed by atoms with Gasteiger partial charge < -0.3 is 9.68 Å². The van der Waals surface area contributed by atoms with Gasteiger partial charge in [0.25, 0.3) is 0 Å². The van der Waals surface area contributed by atoms with E-state index in [1.807, 2.05) is 54.5 Å². The van der Waals surface area contributed by atoms with E-state index in [0.29, 0.717) is 18.7 Å². The minimum atomic E-state index is 0. The second kappa shape index (κ2) is 17.1. The Labute approximate surface area is 297 Å². The van der Waals surface area contributed by atoms with Crippen LogP contribution in [-0.4, -0.2) is 64.7 Å². The molecule has 0 radical (unpaired) electrons. The lowest BCUT2D eigenvalue weighted by Crippen LogP contribution is -2.10. The summed E-state index contributed by atoms with van der Waals surface area (Å²) in [5.41, 5.74) is 6.36. The maximum atomic E-state index is 11.9. The Bertz CT molecular complexity index is 1990. The van der Waals surface area contributed by atoms with Crippen molar-refractivity contribution in [3.63, 3.8) is 0 Å². The Balaban J connectivity index is 0.000000170. The second-order valence-corrected chi connectivity index (χ2v) is 12.8. The highest BCUT2D eigenvalue weighted by Crippen LogP contribution is 2.34. The fraction of sp³-hybridized carbons (Fsp3) is 0.273. The van der Waals surface area contributed by atoms with Gasteiger partial charge in [-0.1, -0.05) is 5.16 Å². The Hall–Kier alpha value is -4.67. The molecule has 6 aromatic heterocycles. The van der Waals surface area contributed by atoms with E-state index in [4.69, 9.17) is 9.82 Å². The molecule has 0 saturated heterocycles. The minimum Gasteiger partial charge on any atom is -0.399 e. The summed E-state index contributed by atoms with van der Waals surface area (Å²) in [5, 5.41) is 14.7. The topological polar surface area (TPSA) is 161 Å². The molecule has 2 N–H and O–H groups in total. The highest BCUT2D eigenvalue weighted by Gasteiger charge is 2.24. The number of aryl methyl sites for hydroxylation is 2. The molecule has 0 saturated carbocycles. The monoisotopic (exact) mass is 718 g/mol. The van der Waals surface area contributed by atoms with E-state index in [1.54, 1.807) is 65.4 Å². The first-order chi connectivity index (χ1) is 23.6. The first kappa shape index (κ1) is 35.6. The third-order valence-corrected chi connectivity index (χ3v) is 9.73. The number of nitrogens with zero attached hydrogens (tertiary/aromatic N) is 9. The van der Waals surface area contributed by atoms with Crippen LogP contribution in [-0.2, 0) is 22.5 Å². The van der Waals surface area contributed by atoms with Gasteiger partial charge in [0.1, 0.15) is 34.2 Å². The fourth-order valence-electron chi connectivity index (χ4n) is 5.12. The molecule has 6 heterocycles. The number of pyridine rings is 2. The fourth-order valence-corrected chi connectivity index (χ4v) is 7.32. The predicted molar refractivity (Wildman–Crippen MR) is 192 cm³/mol. The number of fused-ring (bicyclic) bond motifs is 2. The van der Waals surface area contributed by atoms with Crippen LogP contribution >= 0.6 is 35.1 Å². The van der Waals surface area contributed by atoms with Gasteiger partial charge in [-0.3, -0.25) is 14.8 Å². The number of hydrogen-bond acceptors (Lipinski definition) is 13. The summed E-state index contributed by atoms with van der Waals surface area (Å²) >= 11 is 3.31. The van der Waals surface area contributed by atoms with Crippen molar-refractivity contribution in [3.05, 3.63) is 95.0 Å². The molecule has 16 heteroatoms. The molecule has 0 aromatic carbocycles. The summed E-state index contributed by atoms with van der Waals surface area (Å²) in [5.74, 6) is 4.69. The number of carbonyl (C=O) groups is 1. The van der Waals surface area contributed by atoms with Crippen molar-refractivity contribution in [2.24, 2.45) is 11.1 Å². The normalized spacial score (nSPS) is 14.0. The molecular formula is C33H35ClN10O3S2. The zero-order valence-electron chi connectivity index (χ0n) is 26.9. The zero-order valence-corrected chi connectivity index (χ0v) is 29.4. The summed E-state index contributed by atoms with van der Waals surface area (Å²) < 4.78 is 3.58. The molecule has 0 atom stereocenters. The minimum absolute atomic E-state index is 0. The quantitative estimate of drug-likeness (QED) is 0.193. The lowest BCUT2D eigenvalue weighted by atomic mass is 10.0. The molecule has 0 aliphatic heterocycles. The molecule has 0 amide bonds. The third kappa shape index (κ3) is 8.50. The summed E-state index contributed by atoms with van der Waals surface area (Å²) in [6.07, 6.45) is 20.1. The number of carbonyl (C=O) groups excluding carboxylic acids is 1. The van der Waals surface area contributed by atoms with Crippen LogP contribution < -0.4 is 5.90 Å². The van der Waals surface area contributed by atoms with Crippen molar-refractivity contribution in [2.45, 2.75) is 45.4 Å². The Morgan fingerprint density at radius 2 is 1.35 bits per heavy atom. The summed E-state index contributed by atoms with van der Waals surface area (Å²) in [6, 6.07) is 7.68. The van der Waals surface area contributed by atoms with Crippen molar-refractivity contribution in [3.8, 4) is 32.5 Å². The molecule has 254 valence electrons. The summed E-state index contributed by atoms with van der Waals surface area (Å²) in [4.78, 5) is 40.7. The number of halogens is 1. The molecule has 0 fully saturated rings. The van der Waals surface area contributed by atoms with E-state index < -0.39 is 0 Å². The molecule has 0 bridgehead atoms. The molecule has 13 nitrogen and oxygen atoms in total. The van der Waals surface area contributed by atoms with Gasteiger partial charge in [-0.15, -0.1) is 35.1 Å². The molecule has 0 unspecified atom stereocenters. The van der Waals surface area contributed by atoms with Crippen molar-refractivity contribution < 1.29 is 14.5 Å². The molecule has 2 aliphatic carbocycles. The van der Waals surface area contributed by atoms with Gasteiger partial charge in [0.05, 0.1) is 42.8 Å². The van der Waals surface area contributed by atoms with Gasteiger partial charge in [0.2, 0.25) is 0 Å². The molecular weight excluding hydrogens is 684 g/mol. The predicted octanol–water partition coefficient (Wildman–Crippen LogP) is 6.31. The number of oxime groups is 1. The molecule has 49 heavy (non-hydrogen) atoms. The standard InChI is InChI=1S/C16H15N5OS.C15H12N4OS.C2H7NO.ClH/c1-22-20-13-5-2-6-14-15(13)19-16(23-14)11-8-18-21(10-11)12-4-3-7-17-9-12;20-12-4-1-5-13-14(12)18-15(21-13)10-7-17-19(9-10)11-3-2-6-16-8-11;1-2-4-3;/h3-4,7-10H,2,5-6H2,1H3;2-3,6-9H,1,4-5H2;2-3H2,1H3;1H/b20-13+;;;. The summed E-state index contributed by atoms with van der Waals surface area (Å²) in [7, 11) is 1.58. The van der Waals surface area contributed by atoms with E-state index in [2.05, 4.69) is 41.0 Å². The van der Waals surface area contributed by atoms with Crippen LogP contribution in [0, 0.1) is 0 Å². The number of Topliss-reactive ketones (excluding diaryl/α,β-unsaturated/α-hetero) is 1. The average molecular weight is 719 g/mol.